The summed E-state index contributed by atoms with van der Waals surface area (Å²) in [5, 5.41) is 7.57. The van der Waals surface area contributed by atoms with Gasteiger partial charge in [-0.3, -0.25) is 0 Å². The van der Waals surface area contributed by atoms with Gasteiger partial charge < -0.3 is 21.5 Å². The van der Waals surface area contributed by atoms with Gasteiger partial charge in [0.05, 0.1) is 17.1 Å². The lowest BCUT2D eigenvalue weighted by atomic mass is 10.1. The quantitative estimate of drug-likeness (QED) is 0.651. The zero-order valence-electron chi connectivity index (χ0n) is 10.5. The molecule has 1 aromatic rings. The van der Waals surface area contributed by atoms with Gasteiger partial charge >= 0.3 is 0 Å². The largest absolute Gasteiger partial charge is 0.397 e. The summed E-state index contributed by atoms with van der Waals surface area (Å²) in [4.78, 5) is 2.30. The second-order valence-corrected chi connectivity index (χ2v) is 4.15. The molecular formula is C13H23N3O. The molecular weight excluding hydrogens is 214 g/mol. The Morgan fingerprint density at radius 3 is 2.06 bits per heavy atom. The number of anilines is 3. The minimum atomic E-state index is 0.250. The predicted octanol–water partition coefficient (Wildman–Crippen LogP) is 1.84. The number of rotatable bonds is 1. The summed E-state index contributed by atoms with van der Waals surface area (Å²) in [7, 11) is 0. The lowest BCUT2D eigenvalue weighted by Crippen LogP contribution is -2.30. The number of para-hydroxylation sites is 1. The van der Waals surface area contributed by atoms with E-state index in [9.17, 15) is 0 Å². The Morgan fingerprint density at radius 2 is 1.59 bits per heavy atom. The Balaban J connectivity index is 0.000000437. The topological polar surface area (TPSA) is 75.5 Å². The molecule has 1 aliphatic rings. The molecule has 96 valence electrons. The van der Waals surface area contributed by atoms with E-state index >= 15 is 0 Å². The van der Waals surface area contributed by atoms with Crippen LogP contribution in [-0.2, 0) is 0 Å². The summed E-state index contributed by atoms with van der Waals surface area (Å²) < 4.78 is 0. The van der Waals surface area contributed by atoms with Crippen molar-refractivity contribution in [3.8, 4) is 0 Å². The highest BCUT2D eigenvalue weighted by Gasteiger charge is 2.15. The van der Waals surface area contributed by atoms with Gasteiger partial charge in [0.15, 0.2) is 0 Å². The van der Waals surface area contributed by atoms with Gasteiger partial charge in [0, 0.05) is 19.7 Å². The second kappa shape index (κ2) is 7.01. The molecule has 1 heterocycles. The van der Waals surface area contributed by atoms with Gasteiger partial charge in [-0.05, 0) is 38.3 Å². The van der Waals surface area contributed by atoms with Crippen LogP contribution in [0.15, 0.2) is 18.2 Å². The number of nitrogens with zero attached hydrogens (tertiary/aromatic N) is 1. The van der Waals surface area contributed by atoms with E-state index in [4.69, 9.17) is 16.6 Å². The molecule has 0 aromatic heterocycles. The van der Waals surface area contributed by atoms with Gasteiger partial charge in [0.25, 0.3) is 0 Å². The minimum absolute atomic E-state index is 0.250. The van der Waals surface area contributed by atoms with Gasteiger partial charge in [-0.25, -0.2) is 0 Å². The Kier molecular flexibility index (Phi) is 5.63. The van der Waals surface area contributed by atoms with Crippen molar-refractivity contribution in [2.45, 2.75) is 26.2 Å². The number of benzene rings is 1. The maximum Gasteiger partial charge on any atom is 0.0833 e. The fourth-order valence-corrected chi connectivity index (χ4v) is 2.06. The van der Waals surface area contributed by atoms with E-state index in [2.05, 4.69) is 4.90 Å². The van der Waals surface area contributed by atoms with E-state index in [-0.39, 0.29) is 6.61 Å². The maximum atomic E-state index is 7.57. The smallest absolute Gasteiger partial charge is 0.0833 e. The normalized spacial score (nSPS) is 15.1. The van der Waals surface area contributed by atoms with Crippen molar-refractivity contribution >= 4 is 17.1 Å². The number of hydrogen-bond donors (Lipinski definition) is 3. The van der Waals surface area contributed by atoms with Gasteiger partial charge in [0.1, 0.15) is 0 Å². The van der Waals surface area contributed by atoms with Crippen LogP contribution >= 0.6 is 0 Å². The number of aliphatic hydroxyl groups is 1. The van der Waals surface area contributed by atoms with Gasteiger partial charge in [-0.1, -0.05) is 6.07 Å². The zero-order valence-corrected chi connectivity index (χ0v) is 10.5. The Hall–Kier alpha value is -1.42. The number of aliphatic hydroxyl groups excluding tert-OH is 1. The maximum absolute atomic E-state index is 7.57. The highest BCUT2D eigenvalue weighted by Crippen LogP contribution is 2.31. The molecule has 0 aliphatic carbocycles. The summed E-state index contributed by atoms with van der Waals surface area (Å²) >= 11 is 0. The van der Waals surface area contributed by atoms with Crippen molar-refractivity contribution in [2.75, 3.05) is 36.1 Å². The molecule has 1 fully saturated rings. The molecule has 0 atom stereocenters. The number of hydrogen-bond acceptors (Lipinski definition) is 4. The average molecular weight is 237 g/mol. The standard InChI is InChI=1S/C11H17N3.C2H6O/c12-9-5-4-6-10(13)11(9)14-7-2-1-3-8-14;1-2-3/h4-6H,1-3,7-8,12-13H2;3H,2H2,1H3. The molecule has 4 nitrogen and oxygen atoms in total. The van der Waals surface area contributed by atoms with Gasteiger partial charge in [-0.15, -0.1) is 0 Å². The predicted molar refractivity (Wildman–Crippen MR) is 74.1 cm³/mol. The fraction of sp³-hybridized carbons (Fsp3) is 0.538. The van der Waals surface area contributed by atoms with Crippen LogP contribution in [0.25, 0.3) is 0 Å². The molecule has 0 bridgehead atoms. The van der Waals surface area contributed by atoms with Crippen LogP contribution in [0.2, 0.25) is 0 Å². The second-order valence-electron chi connectivity index (χ2n) is 4.15. The Bertz CT molecular complexity index is 315. The van der Waals surface area contributed by atoms with Crippen LogP contribution in [0.5, 0.6) is 0 Å². The molecule has 0 saturated carbocycles. The third-order valence-electron chi connectivity index (χ3n) is 2.77. The fourth-order valence-electron chi connectivity index (χ4n) is 2.06. The summed E-state index contributed by atoms with van der Waals surface area (Å²) in [5.41, 5.74) is 14.5. The monoisotopic (exact) mass is 237 g/mol. The van der Waals surface area contributed by atoms with Crippen LogP contribution in [0, 0.1) is 0 Å². The minimum Gasteiger partial charge on any atom is -0.397 e. The SMILES string of the molecule is CCO.Nc1cccc(N)c1N1CCCCC1. The molecule has 1 saturated heterocycles. The summed E-state index contributed by atoms with van der Waals surface area (Å²) in [6.45, 7) is 4.09. The molecule has 0 unspecified atom stereocenters. The first-order valence-electron chi connectivity index (χ1n) is 6.20. The van der Waals surface area contributed by atoms with E-state index < -0.39 is 0 Å². The summed E-state index contributed by atoms with van der Waals surface area (Å²) in [6.07, 6.45) is 3.81. The van der Waals surface area contributed by atoms with Crippen molar-refractivity contribution < 1.29 is 5.11 Å². The van der Waals surface area contributed by atoms with Crippen molar-refractivity contribution in [1.29, 1.82) is 0 Å². The van der Waals surface area contributed by atoms with Gasteiger partial charge in [0.2, 0.25) is 0 Å². The molecule has 17 heavy (non-hydrogen) atoms. The van der Waals surface area contributed by atoms with Crippen molar-refractivity contribution in [2.24, 2.45) is 0 Å². The van der Waals surface area contributed by atoms with Crippen LogP contribution in [-0.4, -0.2) is 24.8 Å². The first-order valence-corrected chi connectivity index (χ1v) is 6.20. The van der Waals surface area contributed by atoms with Crippen LogP contribution in [0.4, 0.5) is 17.1 Å². The van der Waals surface area contributed by atoms with Gasteiger partial charge in [-0.2, -0.15) is 0 Å². The molecule has 1 aliphatic heterocycles. The van der Waals surface area contributed by atoms with E-state index in [0.717, 1.165) is 30.2 Å². The Morgan fingerprint density at radius 1 is 1.12 bits per heavy atom. The number of nitrogen functional groups attached to an aromatic ring is 2. The molecule has 5 N–H and O–H groups in total. The zero-order chi connectivity index (χ0) is 12.7. The van der Waals surface area contributed by atoms with Crippen molar-refractivity contribution in [3.63, 3.8) is 0 Å². The third kappa shape index (κ3) is 3.82. The molecule has 0 amide bonds. The summed E-state index contributed by atoms with van der Waals surface area (Å²) in [6, 6.07) is 5.73. The lowest BCUT2D eigenvalue weighted by molar-refractivity contribution is 0.318. The molecule has 4 heteroatoms. The van der Waals surface area contributed by atoms with Crippen LogP contribution in [0.1, 0.15) is 26.2 Å². The van der Waals surface area contributed by atoms with Crippen LogP contribution < -0.4 is 16.4 Å². The first kappa shape index (κ1) is 13.6. The van der Waals surface area contributed by atoms with E-state index in [1.807, 2.05) is 18.2 Å². The average Bonchev–Trinajstić information content (AvgIpc) is 2.31. The first-order chi connectivity index (χ1) is 8.20. The third-order valence-corrected chi connectivity index (χ3v) is 2.77. The molecule has 2 rings (SSSR count). The Labute approximate surface area is 103 Å². The van der Waals surface area contributed by atoms with Crippen molar-refractivity contribution in [1.82, 2.24) is 0 Å². The lowest BCUT2D eigenvalue weighted by Gasteiger charge is -2.30. The van der Waals surface area contributed by atoms with E-state index in [1.165, 1.54) is 19.3 Å². The highest BCUT2D eigenvalue weighted by molar-refractivity contribution is 5.80. The summed E-state index contributed by atoms with van der Waals surface area (Å²) in [5.74, 6) is 0. The van der Waals surface area contributed by atoms with Crippen LogP contribution in [0.3, 0.4) is 0 Å². The molecule has 0 radical (unpaired) electrons. The molecule has 0 spiro atoms. The van der Waals surface area contributed by atoms with Crippen molar-refractivity contribution in [3.05, 3.63) is 18.2 Å². The van der Waals surface area contributed by atoms with E-state index in [0.29, 0.717) is 0 Å². The highest BCUT2D eigenvalue weighted by atomic mass is 16.2. The van der Waals surface area contributed by atoms with E-state index in [1.54, 1.807) is 6.92 Å². The number of nitrogens with two attached hydrogens (primary N) is 2. The number of piperidine rings is 1. The molecule has 1 aromatic carbocycles.